The van der Waals surface area contributed by atoms with E-state index in [1.165, 1.54) is 0 Å². The highest BCUT2D eigenvalue weighted by molar-refractivity contribution is 6.31. The van der Waals surface area contributed by atoms with Crippen LogP contribution in [0.2, 0.25) is 5.02 Å². The van der Waals surface area contributed by atoms with Gasteiger partial charge in [-0.05, 0) is 19.1 Å². The molecule has 2 rings (SSSR count). The van der Waals surface area contributed by atoms with Gasteiger partial charge < -0.3 is 10.5 Å². The molecule has 0 amide bonds. The van der Waals surface area contributed by atoms with Crippen molar-refractivity contribution in [1.82, 2.24) is 4.98 Å². The summed E-state index contributed by atoms with van der Waals surface area (Å²) in [6, 6.07) is 11.2. The van der Waals surface area contributed by atoms with Crippen molar-refractivity contribution in [3.8, 4) is 5.88 Å². The topological polar surface area (TPSA) is 48.1 Å². The van der Waals surface area contributed by atoms with Crippen LogP contribution < -0.4 is 10.5 Å². The molecule has 0 unspecified atom stereocenters. The Morgan fingerprint density at radius 3 is 2.78 bits per heavy atom. The summed E-state index contributed by atoms with van der Waals surface area (Å²) in [7, 11) is 0. The van der Waals surface area contributed by atoms with Gasteiger partial charge in [0.05, 0.1) is 0 Å². The van der Waals surface area contributed by atoms with Gasteiger partial charge in [-0.1, -0.05) is 35.9 Å². The fourth-order valence-electron chi connectivity index (χ4n) is 1.63. The molecule has 18 heavy (non-hydrogen) atoms. The van der Waals surface area contributed by atoms with Crippen molar-refractivity contribution in [2.24, 2.45) is 5.73 Å². The number of benzene rings is 1. The molecule has 0 aliphatic carbocycles. The van der Waals surface area contributed by atoms with Crippen molar-refractivity contribution >= 4 is 11.6 Å². The summed E-state index contributed by atoms with van der Waals surface area (Å²) in [5, 5.41) is 0.691. The molecule has 0 saturated carbocycles. The quantitative estimate of drug-likeness (QED) is 0.919. The molecule has 0 aliphatic rings. The summed E-state index contributed by atoms with van der Waals surface area (Å²) < 4.78 is 5.69. The van der Waals surface area contributed by atoms with Gasteiger partial charge in [-0.2, -0.15) is 0 Å². The molecule has 1 aromatic heterocycles. The Labute approximate surface area is 112 Å². The summed E-state index contributed by atoms with van der Waals surface area (Å²) in [6.07, 6.45) is 1.69. The number of hydrogen-bond donors (Lipinski definition) is 1. The summed E-state index contributed by atoms with van der Waals surface area (Å²) in [4.78, 5) is 4.20. The van der Waals surface area contributed by atoms with Crippen molar-refractivity contribution in [3.05, 3.63) is 58.7 Å². The van der Waals surface area contributed by atoms with Gasteiger partial charge in [-0.25, -0.2) is 4.98 Å². The zero-order valence-electron chi connectivity index (χ0n) is 10.1. The van der Waals surface area contributed by atoms with Crippen LogP contribution in [0, 0.1) is 0 Å². The number of pyridine rings is 1. The third-order valence-electron chi connectivity index (χ3n) is 2.61. The number of halogens is 1. The largest absolute Gasteiger partial charge is 0.472 e. The van der Waals surface area contributed by atoms with Crippen molar-refractivity contribution < 1.29 is 4.74 Å². The van der Waals surface area contributed by atoms with Crippen LogP contribution in [0.25, 0.3) is 0 Å². The van der Waals surface area contributed by atoms with Crippen LogP contribution in [0.1, 0.15) is 24.1 Å². The maximum absolute atomic E-state index is 6.07. The Morgan fingerprint density at radius 2 is 2.06 bits per heavy atom. The van der Waals surface area contributed by atoms with E-state index in [1.807, 2.05) is 43.3 Å². The van der Waals surface area contributed by atoms with Crippen molar-refractivity contribution in [1.29, 1.82) is 0 Å². The molecule has 2 N–H and O–H groups in total. The fraction of sp³-hybridized carbons (Fsp3) is 0.214. The third-order valence-corrected chi connectivity index (χ3v) is 2.98. The number of ether oxygens (including phenoxy) is 1. The van der Waals surface area contributed by atoms with Crippen LogP contribution in [-0.2, 0) is 6.61 Å². The van der Waals surface area contributed by atoms with E-state index >= 15 is 0 Å². The predicted octanol–water partition coefficient (Wildman–Crippen LogP) is 3.33. The number of nitrogens with zero attached hydrogens (tertiary/aromatic N) is 1. The second-order valence-electron chi connectivity index (χ2n) is 4.07. The van der Waals surface area contributed by atoms with Gasteiger partial charge in [0, 0.05) is 28.4 Å². The molecule has 1 atom stereocenters. The highest BCUT2D eigenvalue weighted by Gasteiger charge is 2.09. The number of hydrogen-bond acceptors (Lipinski definition) is 3. The Balaban J connectivity index is 2.14. The Morgan fingerprint density at radius 1 is 1.28 bits per heavy atom. The van der Waals surface area contributed by atoms with Gasteiger partial charge in [0.2, 0.25) is 5.88 Å². The van der Waals surface area contributed by atoms with Gasteiger partial charge in [-0.3, -0.25) is 0 Å². The Hall–Kier alpha value is -1.58. The molecule has 0 fully saturated rings. The minimum Gasteiger partial charge on any atom is -0.472 e. The second kappa shape index (κ2) is 5.85. The summed E-state index contributed by atoms with van der Waals surface area (Å²) in [6.45, 7) is 2.29. The first-order chi connectivity index (χ1) is 8.68. The lowest BCUT2D eigenvalue weighted by molar-refractivity contribution is 0.289. The summed E-state index contributed by atoms with van der Waals surface area (Å²) in [5.74, 6) is 0.562. The monoisotopic (exact) mass is 262 g/mol. The summed E-state index contributed by atoms with van der Waals surface area (Å²) in [5.41, 5.74) is 7.69. The molecule has 3 nitrogen and oxygen atoms in total. The molecule has 0 aliphatic heterocycles. The number of aromatic nitrogens is 1. The lowest BCUT2D eigenvalue weighted by Crippen LogP contribution is -2.09. The molecule has 0 bridgehead atoms. The SMILES string of the molecule is C[C@@H](N)c1cccnc1OCc1ccccc1Cl. The standard InChI is InChI=1S/C14H15ClN2O/c1-10(16)12-6-4-8-17-14(12)18-9-11-5-2-3-7-13(11)15/h2-8,10H,9,16H2,1H3/t10-/m1/s1. The van der Waals surface area contributed by atoms with Crippen LogP contribution in [-0.4, -0.2) is 4.98 Å². The van der Waals surface area contributed by atoms with E-state index in [0.717, 1.165) is 11.1 Å². The molecular formula is C14H15ClN2O. The Kier molecular flexibility index (Phi) is 4.18. The van der Waals surface area contributed by atoms with Gasteiger partial charge >= 0.3 is 0 Å². The fourth-order valence-corrected chi connectivity index (χ4v) is 1.82. The first-order valence-electron chi connectivity index (χ1n) is 5.75. The molecule has 1 heterocycles. The molecule has 1 aromatic carbocycles. The van der Waals surface area contributed by atoms with Crippen molar-refractivity contribution in [3.63, 3.8) is 0 Å². The minimum absolute atomic E-state index is 0.111. The minimum atomic E-state index is -0.111. The van der Waals surface area contributed by atoms with Gasteiger partial charge in [0.25, 0.3) is 0 Å². The van der Waals surface area contributed by atoms with E-state index in [9.17, 15) is 0 Å². The first kappa shape index (κ1) is 12.9. The molecule has 0 radical (unpaired) electrons. The van der Waals surface area contributed by atoms with E-state index < -0.39 is 0 Å². The number of nitrogens with two attached hydrogens (primary N) is 1. The van der Waals surface area contributed by atoms with E-state index in [0.29, 0.717) is 17.5 Å². The molecule has 94 valence electrons. The van der Waals surface area contributed by atoms with Gasteiger partial charge in [0.1, 0.15) is 6.61 Å². The average Bonchev–Trinajstić information content (AvgIpc) is 2.38. The molecular weight excluding hydrogens is 248 g/mol. The highest BCUT2D eigenvalue weighted by Crippen LogP contribution is 2.23. The van der Waals surface area contributed by atoms with E-state index in [-0.39, 0.29) is 6.04 Å². The normalized spacial score (nSPS) is 12.2. The molecule has 4 heteroatoms. The molecule has 2 aromatic rings. The van der Waals surface area contributed by atoms with E-state index in [4.69, 9.17) is 22.1 Å². The van der Waals surface area contributed by atoms with E-state index in [1.54, 1.807) is 6.20 Å². The maximum Gasteiger partial charge on any atom is 0.218 e. The highest BCUT2D eigenvalue weighted by atomic mass is 35.5. The summed E-state index contributed by atoms with van der Waals surface area (Å²) >= 11 is 6.07. The van der Waals surface area contributed by atoms with Gasteiger partial charge in [0.15, 0.2) is 0 Å². The second-order valence-corrected chi connectivity index (χ2v) is 4.47. The van der Waals surface area contributed by atoms with Gasteiger partial charge in [-0.15, -0.1) is 0 Å². The molecule has 0 saturated heterocycles. The molecule has 0 spiro atoms. The average molecular weight is 263 g/mol. The first-order valence-corrected chi connectivity index (χ1v) is 6.13. The van der Waals surface area contributed by atoms with E-state index in [2.05, 4.69) is 4.98 Å². The van der Waals surface area contributed by atoms with Crippen molar-refractivity contribution in [2.45, 2.75) is 19.6 Å². The zero-order valence-corrected chi connectivity index (χ0v) is 10.9. The lowest BCUT2D eigenvalue weighted by atomic mass is 10.1. The number of rotatable bonds is 4. The smallest absolute Gasteiger partial charge is 0.218 e. The predicted molar refractivity (Wildman–Crippen MR) is 72.6 cm³/mol. The lowest BCUT2D eigenvalue weighted by Gasteiger charge is -2.12. The van der Waals surface area contributed by atoms with Crippen LogP contribution >= 0.6 is 11.6 Å². The van der Waals surface area contributed by atoms with Crippen LogP contribution in [0.4, 0.5) is 0 Å². The van der Waals surface area contributed by atoms with Crippen LogP contribution in [0.3, 0.4) is 0 Å². The third kappa shape index (κ3) is 3.00. The zero-order chi connectivity index (χ0) is 13.0. The Bertz CT molecular complexity index is 529. The van der Waals surface area contributed by atoms with Crippen LogP contribution in [0.5, 0.6) is 5.88 Å². The van der Waals surface area contributed by atoms with Crippen LogP contribution in [0.15, 0.2) is 42.6 Å². The maximum atomic E-state index is 6.07. The van der Waals surface area contributed by atoms with Crippen molar-refractivity contribution in [2.75, 3.05) is 0 Å².